The predicted molar refractivity (Wildman–Crippen MR) is 61.7 cm³/mol. The van der Waals surface area contributed by atoms with Crippen LogP contribution in [0.1, 0.15) is 11.1 Å². The van der Waals surface area contributed by atoms with Gasteiger partial charge in [-0.2, -0.15) is 0 Å². The summed E-state index contributed by atoms with van der Waals surface area (Å²) in [7, 11) is 1.36. The first-order chi connectivity index (χ1) is 7.24. The number of benzene rings is 1. The summed E-state index contributed by atoms with van der Waals surface area (Å²) >= 11 is 0. The lowest BCUT2D eigenvalue weighted by atomic mass is 10.1. The maximum Gasteiger partial charge on any atom is 0.347 e. The minimum absolute atomic E-state index is 0. The van der Waals surface area contributed by atoms with Crippen LogP contribution in [0.5, 0.6) is 5.75 Å². The Bertz CT molecular complexity index is 395. The number of nitrogens with two attached hydrogens (primary N) is 1. The minimum atomic E-state index is -0.502. The molecule has 1 aromatic carbocycles. The van der Waals surface area contributed by atoms with Gasteiger partial charge in [0, 0.05) is 13.0 Å². The first-order valence-corrected chi connectivity index (χ1v) is 4.81. The summed E-state index contributed by atoms with van der Waals surface area (Å²) in [6.45, 7) is 0.496. The van der Waals surface area contributed by atoms with Gasteiger partial charge in [-0.05, 0) is 17.2 Å². The number of ether oxygens (including phenoxy) is 2. The molecule has 0 unspecified atom stereocenters. The molecule has 0 aromatic heterocycles. The zero-order valence-corrected chi connectivity index (χ0v) is 9.75. The van der Waals surface area contributed by atoms with Crippen LogP contribution in [0.15, 0.2) is 18.2 Å². The molecule has 0 spiro atoms. The molecule has 1 aliphatic rings. The smallest absolute Gasteiger partial charge is 0.347 e. The molecule has 1 aliphatic heterocycles. The average Bonchev–Trinajstić information content (AvgIpc) is 2.70. The van der Waals surface area contributed by atoms with Gasteiger partial charge >= 0.3 is 5.97 Å². The quantitative estimate of drug-likeness (QED) is 0.789. The zero-order chi connectivity index (χ0) is 10.8. The second-order valence-electron chi connectivity index (χ2n) is 3.48. The van der Waals surface area contributed by atoms with Crippen molar-refractivity contribution in [3.05, 3.63) is 29.3 Å². The van der Waals surface area contributed by atoms with Crippen LogP contribution in [0, 0.1) is 0 Å². The summed E-state index contributed by atoms with van der Waals surface area (Å²) in [6, 6.07) is 5.72. The van der Waals surface area contributed by atoms with Gasteiger partial charge in [0.05, 0.1) is 7.11 Å². The van der Waals surface area contributed by atoms with Gasteiger partial charge in [-0.1, -0.05) is 12.1 Å². The number of fused-ring (bicyclic) bond motifs is 1. The summed E-state index contributed by atoms with van der Waals surface area (Å²) in [4.78, 5) is 11.3. The Hall–Kier alpha value is -1.26. The fourth-order valence-electron chi connectivity index (χ4n) is 1.69. The first-order valence-electron chi connectivity index (χ1n) is 4.81. The molecule has 2 rings (SSSR count). The maximum atomic E-state index is 11.3. The number of carbonyl (C=O) groups is 1. The molecule has 1 heterocycles. The van der Waals surface area contributed by atoms with Crippen molar-refractivity contribution in [3.8, 4) is 5.75 Å². The third-order valence-electron chi connectivity index (χ3n) is 2.50. The molecular formula is C11H14ClNO3. The van der Waals surface area contributed by atoms with Gasteiger partial charge in [-0.15, -0.1) is 12.4 Å². The molecule has 1 aromatic rings. The highest BCUT2D eigenvalue weighted by molar-refractivity contribution is 5.85. The number of esters is 1. The molecular weight excluding hydrogens is 230 g/mol. The van der Waals surface area contributed by atoms with Gasteiger partial charge in [0.25, 0.3) is 0 Å². The molecule has 1 atom stereocenters. The summed E-state index contributed by atoms with van der Waals surface area (Å²) < 4.78 is 10.1. The van der Waals surface area contributed by atoms with Crippen molar-refractivity contribution in [2.75, 3.05) is 7.11 Å². The minimum Gasteiger partial charge on any atom is -0.478 e. The van der Waals surface area contributed by atoms with Crippen molar-refractivity contribution in [1.82, 2.24) is 0 Å². The number of methoxy groups -OCH3 is 1. The van der Waals surface area contributed by atoms with E-state index in [0.717, 1.165) is 16.9 Å². The molecule has 0 bridgehead atoms. The van der Waals surface area contributed by atoms with E-state index in [4.69, 9.17) is 10.5 Å². The molecule has 0 amide bonds. The van der Waals surface area contributed by atoms with E-state index in [1.807, 2.05) is 18.2 Å². The number of hydrogen-bond donors (Lipinski definition) is 1. The molecule has 0 saturated heterocycles. The number of carbonyl (C=O) groups excluding carboxylic acids is 1. The Morgan fingerprint density at radius 3 is 3.00 bits per heavy atom. The molecule has 5 heteroatoms. The highest BCUT2D eigenvalue weighted by atomic mass is 35.5. The van der Waals surface area contributed by atoms with Crippen LogP contribution in [-0.2, 0) is 22.5 Å². The molecule has 88 valence electrons. The van der Waals surface area contributed by atoms with E-state index in [2.05, 4.69) is 4.74 Å². The Kier molecular flexibility index (Phi) is 4.15. The lowest BCUT2D eigenvalue weighted by Crippen LogP contribution is -2.26. The summed E-state index contributed by atoms with van der Waals surface area (Å²) in [6.07, 6.45) is 0.0635. The van der Waals surface area contributed by atoms with E-state index in [9.17, 15) is 4.79 Å². The van der Waals surface area contributed by atoms with Gasteiger partial charge < -0.3 is 15.2 Å². The van der Waals surface area contributed by atoms with E-state index >= 15 is 0 Å². The first kappa shape index (κ1) is 12.8. The van der Waals surface area contributed by atoms with Gasteiger partial charge in [0.2, 0.25) is 0 Å². The Morgan fingerprint density at radius 1 is 1.62 bits per heavy atom. The summed E-state index contributed by atoms with van der Waals surface area (Å²) in [5.41, 5.74) is 7.60. The van der Waals surface area contributed by atoms with Crippen LogP contribution in [0.3, 0.4) is 0 Å². The van der Waals surface area contributed by atoms with Crippen molar-refractivity contribution in [2.45, 2.75) is 19.1 Å². The Morgan fingerprint density at radius 2 is 2.38 bits per heavy atom. The standard InChI is InChI=1S/C11H13NO3.ClH/c1-14-11(13)10-5-8-4-7(6-12)2-3-9(8)15-10;/h2-4,10H,5-6,12H2,1H3;1H/t10-;/m0./s1. The molecule has 0 fully saturated rings. The van der Waals surface area contributed by atoms with Crippen LogP contribution < -0.4 is 10.5 Å². The van der Waals surface area contributed by atoms with Crippen molar-refractivity contribution < 1.29 is 14.3 Å². The Balaban J connectivity index is 0.00000128. The third-order valence-corrected chi connectivity index (χ3v) is 2.50. The van der Waals surface area contributed by atoms with E-state index in [0.29, 0.717) is 13.0 Å². The van der Waals surface area contributed by atoms with Crippen molar-refractivity contribution in [1.29, 1.82) is 0 Å². The molecule has 2 N–H and O–H groups in total. The molecule has 0 aliphatic carbocycles. The van der Waals surface area contributed by atoms with Crippen molar-refractivity contribution >= 4 is 18.4 Å². The van der Waals surface area contributed by atoms with E-state index in [-0.39, 0.29) is 18.4 Å². The lowest BCUT2D eigenvalue weighted by Gasteiger charge is -2.06. The fraction of sp³-hybridized carbons (Fsp3) is 0.364. The number of hydrogen-bond acceptors (Lipinski definition) is 4. The second kappa shape index (κ2) is 5.18. The number of rotatable bonds is 2. The largest absolute Gasteiger partial charge is 0.478 e. The lowest BCUT2D eigenvalue weighted by molar-refractivity contribution is -0.147. The normalized spacial score (nSPS) is 17.0. The van der Waals surface area contributed by atoms with Gasteiger partial charge in [0.15, 0.2) is 6.10 Å². The fourth-order valence-corrected chi connectivity index (χ4v) is 1.69. The van der Waals surface area contributed by atoms with Crippen LogP contribution >= 0.6 is 12.4 Å². The van der Waals surface area contributed by atoms with Gasteiger partial charge in [-0.3, -0.25) is 0 Å². The van der Waals surface area contributed by atoms with E-state index in [1.165, 1.54) is 7.11 Å². The predicted octanol–water partition coefficient (Wildman–Crippen LogP) is 1.04. The summed E-state index contributed by atoms with van der Waals surface area (Å²) in [5, 5.41) is 0. The molecule has 0 radical (unpaired) electrons. The second-order valence-corrected chi connectivity index (χ2v) is 3.48. The van der Waals surface area contributed by atoms with E-state index < -0.39 is 6.10 Å². The van der Waals surface area contributed by atoms with Crippen LogP contribution in [0.4, 0.5) is 0 Å². The highest BCUT2D eigenvalue weighted by Crippen LogP contribution is 2.29. The Labute approximate surface area is 100 Å². The molecule has 4 nitrogen and oxygen atoms in total. The van der Waals surface area contributed by atoms with Gasteiger partial charge in [0.1, 0.15) is 5.75 Å². The van der Waals surface area contributed by atoms with Crippen molar-refractivity contribution in [2.24, 2.45) is 5.73 Å². The topological polar surface area (TPSA) is 61.5 Å². The van der Waals surface area contributed by atoms with E-state index in [1.54, 1.807) is 0 Å². The average molecular weight is 244 g/mol. The van der Waals surface area contributed by atoms with Crippen molar-refractivity contribution in [3.63, 3.8) is 0 Å². The molecule has 0 saturated carbocycles. The van der Waals surface area contributed by atoms with Crippen LogP contribution in [-0.4, -0.2) is 19.2 Å². The summed E-state index contributed by atoms with van der Waals surface area (Å²) in [5.74, 6) is 0.420. The monoisotopic (exact) mass is 243 g/mol. The maximum absolute atomic E-state index is 11.3. The zero-order valence-electron chi connectivity index (χ0n) is 8.93. The van der Waals surface area contributed by atoms with Crippen LogP contribution in [0.25, 0.3) is 0 Å². The molecule has 16 heavy (non-hydrogen) atoms. The van der Waals surface area contributed by atoms with Gasteiger partial charge in [-0.25, -0.2) is 4.79 Å². The highest BCUT2D eigenvalue weighted by Gasteiger charge is 2.29. The SMILES string of the molecule is COC(=O)[C@@H]1Cc2cc(CN)ccc2O1.Cl. The van der Waals surface area contributed by atoms with Crippen LogP contribution in [0.2, 0.25) is 0 Å². The number of halogens is 1. The third kappa shape index (κ3) is 2.28.